The molecule has 0 saturated heterocycles. The van der Waals surface area contributed by atoms with E-state index in [0.29, 0.717) is 6.61 Å². The van der Waals surface area contributed by atoms with E-state index in [9.17, 15) is 0 Å². The van der Waals surface area contributed by atoms with Gasteiger partial charge in [0, 0.05) is 12.8 Å². The summed E-state index contributed by atoms with van der Waals surface area (Å²) in [6, 6.07) is 0. The van der Waals surface area contributed by atoms with Crippen LogP contribution in [-0.4, -0.2) is 11.6 Å². The van der Waals surface area contributed by atoms with Crippen molar-refractivity contribution in [1.82, 2.24) is 4.98 Å². The number of nitrogen functional groups attached to an aromatic ring is 1. The van der Waals surface area contributed by atoms with Gasteiger partial charge < -0.3 is 4.74 Å². The first-order chi connectivity index (χ1) is 8.36. The van der Waals surface area contributed by atoms with Gasteiger partial charge in [0.15, 0.2) is 5.13 Å². The van der Waals surface area contributed by atoms with Gasteiger partial charge in [-0.25, -0.2) is 10.8 Å². The minimum absolute atomic E-state index is 0.647. The summed E-state index contributed by atoms with van der Waals surface area (Å²) in [4.78, 5) is 5.20. The van der Waals surface area contributed by atoms with Crippen LogP contribution in [0, 0.1) is 0 Å². The standard InChI is InChI=1S/C12H23N3OS/c1-2-3-4-5-6-7-8-16-10-11-9-14-12(15-13)17-11/h9H,2-8,10,13H2,1H3,(H,14,15). The fourth-order valence-electron chi connectivity index (χ4n) is 1.60. The molecule has 0 aromatic carbocycles. The Labute approximate surface area is 108 Å². The Morgan fingerprint density at radius 1 is 1.29 bits per heavy atom. The van der Waals surface area contributed by atoms with Crippen LogP contribution in [0.1, 0.15) is 50.3 Å². The number of aromatic nitrogens is 1. The summed E-state index contributed by atoms with van der Waals surface area (Å²) >= 11 is 1.54. The molecule has 0 fully saturated rings. The molecule has 0 amide bonds. The average Bonchev–Trinajstić information content (AvgIpc) is 2.80. The van der Waals surface area contributed by atoms with Crippen LogP contribution in [0.2, 0.25) is 0 Å². The molecule has 0 atom stereocenters. The van der Waals surface area contributed by atoms with Crippen molar-refractivity contribution in [3.05, 3.63) is 11.1 Å². The summed E-state index contributed by atoms with van der Waals surface area (Å²) in [6.45, 7) is 3.73. The van der Waals surface area contributed by atoms with E-state index in [1.807, 2.05) is 0 Å². The van der Waals surface area contributed by atoms with E-state index in [1.165, 1.54) is 43.4 Å². The number of ether oxygens (including phenoxy) is 1. The molecular formula is C12H23N3OS. The molecule has 1 aromatic heterocycles. The number of hydrogen-bond acceptors (Lipinski definition) is 5. The molecule has 0 radical (unpaired) electrons. The van der Waals surface area contributed by atoms with Crippen LogP contribution in [-0.2, 0) is 11.3 Å². The Morgan fingerprint density at radius 3 is 2.76 bits per heavy atom. The van der Waals surface area contributed by atoms with Gasteiger partial charge >= 0.3 is 0 Å². The second kappa shape index (κ2) is 9.39. The fourth-order valence-corrected chi connectivity index (χ4v) is 2.26. The second-order valence-corrected chi connectivity index (χ2v) is 5.21. The molecule has 1 rings (SSSR count). The number of thiazole rings is 1. The Balaban J connectivity index is 1.93. The van der Waals surface area contributed by atoms with Gasteiger partial charge in [0.1, 0.15) is 0 Å². The SMILES string of the molecule is CCCCCCCCOCc1cnc(NN)s1. The molecule has 0 unspecified atom stereocenters. The summed E-state index contributed by atoms with van der Waals surface area (Å²) in [7, 11) is 0. The maximum atomic E-state index is 5.59. The van der Waals surface area contributed by atoms with Crippen molar-refractivity contribution < 1.29 is 4.74 Å². The molecule has 98 valence electrons. The van der Waals surface area contributed by atoms with Gasteiger partial charge in [-0.1, -0.05) is 50.4 Å². The lowest BCUT2D eigenvalue weighted by molar-refractivity contribution is 0.118. The Kier molecular flexibility index (Phi) is 7.96. The van der Waals surface area contributed by atoms with Crippen LogP contribution in [0.25, 0.3) is 0 Å². The first-order valence-corrected chi connectivity index (χ1v) is 7.17. The second-order valence-electron chi connectivity index (χ2n) is 4.10. The van der Waals surface area contributed by atoms with Gasteiger partial charge in [-0.2, -0.15) is 0 Å². The minimum Gasteiger partial charge on any atom is -0.376 e. The monoisotopic (exact) mass is 257 g/mol. The third kappa shape index (κ3) is 6.61. The molecule has 1 heterocycles. The highest BCUT2D eigenvalue weighted by Gasteiger charge is 2.00. The van der Waals surface area contributed by atoms with Gasteiger partial charge in [-0.05, 0) is 6.42 Å². The first kappa shape index (κ1) is 14.4. The number of anilines is 1. The highest BCUT2D eigenvalue weighted by atomic mass is 32.1. The zero-order valence-corrected chi connectivity index (χ0v) is 11.4. The number of hydrazine groups is 1. The van der Waals surface area contributed by atoms with Crippen molar-refractivity contribution in [1.29, 1.82) is 0 Å². The summed E-state index contributed by atoms with van der Waals surface area (Å²) in [6.07, 6.45) is 9.59. The van der Waals surface area contributed by atoms with Crippen LogP contribution >= 0.6 is 11.3 Å². The molecule has 0 aliphatic heterocycles. The molecule has 17 heavy (non-hydrogen) atoms. The zero-order chi connectivity index (χ0) is 12.3. The minimum atomic E-state index is 0.647. The molecule has 0 aliphatic rings. The fraction of sp³-hybridized carbons (Fsp3) is 0.750. The van der Waals surface area contributed by atoms with Gasteiger partial charge in [0.2, 0.25) is 0 Å². The predicted molar refractivity (Wildman–Crippen MR) is 73.0 cm³/mol. The van der Waals surface area contributed by atoms with Crippen molar-refractivity contribution in [3.63, 3.8) is 0 Å². The van der Waals surface area contributed by atoms with E-state index in [4.69, 9.17) is 10.6 Å². The average molecular weight is 257 g/mol. The van der Waals surface area contributed by atoms with Gasteiger partial charge in [-0.15, -0.1) is 0 Å². The molecule has 0 aliphatic carbocycles. The van der Waals surface area contributed by atoms with Crippen LogP contribution in [0.5, 0.6) is 0 Å². The molecule has 5 heteroatoms. The third-order valence-electron chi connectivity index (χ3n) is 2.56. The van der Waals surface area contributed by atoms with Crippen LogP contribution in [0.3, 0.4) is 0 Å². The lowest BCUT2D eigenvalue weighted by Gasteiger charge is -2.02. The third-order valence-corrected chi connectivity index (χ3v) is 3.47. The van der Waals surface area contributed by atoms with Crippen LogP contribution in [0.15, 0.2) is 6.20 Å². The maximum Gasteiger partial charge on any atom is 0.197 e. The molecule has 3 N–H and O–H groups in total. The van der Waals surface area contributed by atoms with Crippen molar-refractivity contribution in [2.75, 3.05) is 12.0 Å². The van der Waals surface area contributed by atoms with Crippen molar-refractivity contribution in [2.45, 2.75) is 52.1 Å². The largest absolute Gasteiger partial charge is 0.376 e. The predicted octanol–water partition coefficient (Wildman–Crippen LogP) is 3.31. The normalized spacial score (nSPS) is 10.7. The van der Waals surface area contributed by atoms with Gasteiger partial charge in [0.25, 0.3) is 0 Å². The Hall–Kier alpha value is -0.650. The number of hydrogen-bond donors (Lipinski definition) is 2. The van der Waals surface area contributed by atoms with Gasteiger partial charge in [0.05, 0.1) is 11.5 Å². The number of nitrogens with zero attached hydrogens (tertiary/aromatic N) is 1. The van der Waals surface area contributed by atoms with Crippen LogP contribution < -0.4 is 11.3 Å². The molecule has 0 saturated carbocycles. The molecule has 4 nitrogen and oxygen atoms in total. The first-order valence-electron chi connectivity index (χ1n) is 6.36. The summed E-state index contributed by atoms with van der Waals surface area (Å²) in [5.41, 5.74) is 2.53. The van der Waals surface area contributed by atoms with E-state index in [2.05, 4.69) is 17.3 Å². The molecular weight excluding hydrogens is 234 g/mol. The summed E-state index contributed by atoms with van der Waals surface area (Å²) in [5, 5.41) is 0.739. The lowest BCUT2D eigenvalue weighted by atomic mass is 10.1. The highest BCUT2D eigenvalue weighted by Crippen LogP contribution is 2.17. The summed E-state index contributed by atoms with van der Waals surface area (Å²) in [5.74, 6) is 5.25. The van der Waals surface area contributed by atoms with E-state index in [-0.39, 0.29) is 0 Å². The topological polar surface area (TPSA) is 60.2 Å². The Morgan fingerprint density at radius 2 is 2.06 bits per heavy atom. The van der Waals surface area contributed by atoms with E-state index in [0.717, 1.165) is 23.0 Å². The number of nitrogens with one attached hydrogen (secondary N) is 1. The van der Waals surface area contributed by atoms with Crippen molar-refractivity contribution in [3.8, 4) is 0 Å². The Bertz CT molecular complexity index is 291. The van der Waals surface area contributed by atoms with Crippen molar-refractivity contribution >= 4 is 16.5 Å². The summed E-state index contributed by atoms with van der Waals surface area (Å²) < 4.78 is 5.59. The van der Waals surface area contributed by atoms with E-state index in [1.54, 1.807) is 6.20 Å². The van der Waals surface area contributed by atoms with Crippen molar-refractivity contribution in [2.24, 2.45) is 5.84 Å². The van der Waals surface area contributed by atoms with E-state index < -0.39 is 0 Å². The zero-order valence-electron chi connectivity index (χ0n) is 10.6. The molecule has 1 aromatic rings. The molecule has 0 spiro atoms. The lowest BCUT2D eigenvalue weighted by Crippen LogP contribution is -2.05. The number of unbranched alkanes of at least 4 members (excludes halogenated alkanes) is 5. The van der Waals surface area contributed by atoms with Crippen LogP contribution in [0.4, 0.5) is 5.13 Å². The van der Waals surface area contributed by atoms with E-state index >= 15 is 0 Å². The van der Waals surface area contributed by atoms with Gasteiger partial charge in [-0.3, -0.25) is 5.43 Å². The smallest absolute Gasteiger partial charge is 0.197 e. The number of nitrogens with two attached hydrogens (primary N) is 1. The number of rotatable bonds is 10. The quantitative estimate of drug-likeness (QED) is 0.383. The molecule has 0 bridgehead atoms. The maximum absolute atomic E-state index is 5.59. The highest BCUT2D eigenvalue weighted by molar-refractivity contribution is 7.15.